The monoisotopic (exact) mass is 391 g/mol. The van der Waals surface area contributed by atoms with Gasteiger partial charge in [0.2, 0.25) is 0 Å². The normalized spacial score (nSPS) is 12.0. The molecule has 0 saturated carbocycles. The van der Waals surface area contributed by atoms with E-state index in [1.807, 2.05) is 0 Å². The number of rotatable bonds is 3. The number of pyridine rings is 1. The van der Waals surface area contributed by atoms with Crippen LogP contribution >= 0.6 is 0 Å². The smallest absolute Gasteiger partial charge is 0.173 e. The maximum Gasteiger partial charge on any atom is 0.173 e. The van der Waals surface area contributed by atoms with Crippen molar-refractivity contribution in [1.29, 1.82) is 0 Å². The van der Waals surface area contributed by atoms with Crippen LogP contribution in [-0.2, 0) is 12.0 Å². The molecular formula is C28H27N2+. The van der Waals surface area contributed by atoms with E-state index in [1.165, 1.54) is 38.6 Å². The van der Waals surface area contributed by atoms with Crippen LogP contribution in [0.1, 0.15) is 31.9 Å². The van der Waals surface area contributed by atoms with Gasteiger partial charge in [-0.3, -0.25) is 0 Å². The third-order valence-corrected chi connectivity index (χ3v) is 5.90. The summed E-state index contributed by atoms with van der Waals surface area (Å²) < 4.78 is 4.60. The Labute approximate surface area is 178 Å². The second-order valence-corrected chi connectivity index (χ2v) is 9.05. The fourth-order valence-corrected chi connectivity index (χ4v) is 4.22. The molecule has 0 saturated heterocycles. The van der Waals surface area contributed by atoms with Crippen LogP contribution in [0.15, 0.2) is 97.3 Å². The molecule has 2 nitrogen and oxygen atoms in total. The van der Waals surface area contributed by atoms with Gasteiger partial charge in [0.1, 0.15) is 0 Å². The first-order chi connectivity index (χ1) is 14.5. The topological polar surface area (TPSA) is 8.81 Å². The molecule has 0 aliphatic carbocycles. The van der Waals surface area contributed by atoms with Crippen LogP contribution in [0.25, 0.3) is 27.5 Å². The van der Waals surface area contributed by atoms with Crippen LogP contribution in [0.4, 0.5) is 0 Å². The van der Waals surface area contributed by atoms with Gasteiger partial charge in [0.15, 0.2) is 18.9 Å². The van der Waals surface area contributed by atoms with Gasteiger partial charge in [-0.25, -0.2) is 4.57 Å². The molecule has 2 aromatic heterocycles. The maximum atomic E-state index is 2.36. The standard InChI is InChI=1S/C28H27N2/c1-28(2,3)22-16-18-29(19-17-22)20-21-12-14-23(15-13-21)30-26-10-6-4-8-24(26)25-9-5-7-11-27(25)30/h4-19H,20H2,1-3H3/q+1. The van der Waals surface area contributed by atoms with Crippen molar-refractivity contribution >= 4 is 21.8 Å². The molecule has 148 valence electrons. The quantitative estimate of drug-likeness (QED) is 0.314. The Morgan fingerprint density at radius 2 is 1.20 bits per heavy atom. The summed E-state index contributed by atoms with van der Waals surface area (Å²) in [7, 11) is 0. The number of aromatic nitrogens is 2. The molecule has 0 spiro atoms. The van der Waals surface area contributed by atoms with Crippen molar-refractivity contribution in [2.45, 2.75) is 32.7 Å². The van der Waals surface area contributed by atoms with E-state index < -0.39 is 0 Å². The summed E-state index contributed by atoms with van der Waals surface area (Å²) >= 11 is 0. The van der Waals surface area contributed by atoms with Gasteiger partial charge < -0.3 is 4.57 Å². The summed E-state index contributed by atoms with van der Waals surface area (Å²) in [5.41, 5.74) is 6.54. The van der Waals surface area contributed by atoms with Gasteiger partial charge in [-0.1, -0.05) is 69.3 Å². The zero-order chi connectivity index (χ0) is 20.7. The van der Waals surface area contributed by atoms with E-state index in [1.54, 1.807) is 0 Å². The third-order valence-electron chi connectivity index (χ3n) is 5.90. The van der Waals surface area contributed by atoms with E-state index in [-0.39, 0.29) is 5.41 Å². The molecule has 30 heavy (non-hydrogen) atoms. The van der Waals surface area contributed by atoms with Crippen molar-refractivity contribution in [2.75, 3.05) is 0 Å². The van der Waals surface area contributed by atoms with Gasteiger partial charge in [-0.2, -0.15) is 0 Å². The second-order valence-electron chi connectivity index (χ2n) is 9.05. The Balaban J connectivity index is 1.48. The first-order valence-corrected chi connectivity index (χ1v) is 10.6. The Morgan fingerprint density at radius 1 is 0.667 bits per heavy atom. The summed E-state index contributed by atoms with van der Waals surface area (Å²) in [4.78, 5) is 0. The average molecular weight is 392 g/mol. The zero-order valence-corrected chi connectivity index (χ0v) is 17.8. The SMILES string of the molecule is CC(C)(C)c1cc[n+](Cc2ccc(-n3c4ccccc4c4ccccc43)cc2)cc1. The summed E-state index contributed by atoms with van der Waals surface area (Å²) in [5, 5.41) is 2.60. The number of fused-ring (bicyclic) bond motifs is 3. The van der Waals surface area contributed by atoms with Gasteiger partial charge in [-0.15, -0.1) is 0 Å². The molecule has 0 fully saturated rings. The molecule has 5 rings (SSSR count). The van der Waals surface area contributed by atoms with E-state index in [0.29, 0.717) is 0 Å². The van der Waals surface area contributed by atoms with Crippen LogP contribution in [0.3, 0.4) is 0 Å². The van der Waals surface area contributed by atoms with Crippen LogP contribution < -0.4 is 4.57 Å². The van der Waals surface area contributed by atoms with Crippen molar-refractivity contribution in [3.05, 3.63) is 108 Å². The van der Waals surface area contributed by atoms with Gasteiger partial charge >= 0.3 is 0 Å². The largest absolute Gasteiger partial charge is 0.309 e. The van der Waals surface area contributed by atoms with E-state index in [0.717, 1.165) is 6.54 Å². The first kappa shape index (κ1) is 18.6. The first-order valence-electron chi connectivity index (χ1n) is 10.6. The Morgan fingerprint density at radius 3 is 1.73 bits per heavy atom. The molecule has 2 heterocycles. The fourth-order valence-electron chi connectivity index (χ4n) is 4.22. The second kappa shape index (κ2) is 7.14. The highest BCUT2D eigenvalue weighted by atomic mass is 15.0. The minimum Gasteiger partial charge on any atom is -0.309 e. The molecule has 0 unspecified atom stereocenters. The van der Waals surface area contributed by atoms with E-state index in [9.17, 15) is 0 Å². The molecule has 0 bridgehead atoms. The van der Waals surface area contributed by atoms with Crippen molar-refractivity contribution < 1.29 is 4.57 Å². The molecule has 5 aromatic rings. The molecule has 0 radical (unpaired) electrons. The summed E-state index contributed by atoms with van der Waals surface area (Å²) in [6.07, 6.45) is 4.36. The summed E-state index contributed by atoms with van der Waals surface area (Å²) in [6, 6.07) is 30.7. The average Bonchev–Trinajstić information content (AvgIpc) is 3.09. The van der Waals surface area contributed by atoms with E-state index in [2.05, 4.69) is 127 Å². The van der Waals surface area contributed by atoms with Gasteiger partial charge in [0.05, 0.1) is 11.0 Å². The lowest BCUT2D eigenvalue weighted by molar-refractivity contribution is -0.688. The number of nitrogens with zero attached hydrogens (tertiary/aromatic N) is 2. The predicted octanol–water partition coefficient (Wildman–Crippen LogP) is 6.42. The van der Waals surface area contributed by atoms with Crippen molar-refractivity contribution in [3.63, 3.8) is 0 Å². The maximum absolute atomic E-state index is 2.36. The van der Waals surface area contributed by atoms with Crippen molar-refractivity contribution in [1.82, 2.24) is 4.57 Å². The zero-order valence-electron chi connectivity index (χ0n) is 17.8. The molecule has 3 aromatic carbocycles. The Hall–Kier alpha value is -3.39. The lowest BCUT2D eigenvalue weighted by Gasteiger charge is -2.17. The third kappa shape index (κ3) is 3.29. The predicted molar refractivity (Wildman–Crippen MR) is 125 cm³/mol. The molecule has 2 heteroatoms. The van der Waals surface area contributed by atoms with Crippen molar-refractivity contribution in [2.24, 2.45) is 0 Å². The van der Waals surface area contributed by atoms with Crippen LogP contribution in [0.2, 0.25) is 0 Å². The molecule has 0 amide bonds. The molecule has 0 N–H and O–H groups in total. The molecule has 0 aliphatic rings. The summed E-state index contributed by atoms with van der Waals surface area (Å²) in [5.74, 6) is 0. The van der Waals surface area contributed by atoms with Gasteiger partial charge in [-0.05, 0) is 35.2 Å². The number of benzene rings is 3. The molecule has 0 aliphatic heterocycles. The van der Waals surface area contributed by atoms with Gasteiger partial charge in [0, 0.05) is 34.2 Å². The highest BCUT2D eigenvalue weighted by Crippen LogP contribution is 2.31. The Bertz CT molecular complexity index is 1260. The van der Waals surface area contributed by atoms with Crippen LogP contribution in [-0.4, -0.2) is 4.57 Å². The number of hydrogen-bond donors (Lipinski definition) is 0. The lowest BCUT2D eigenvalue weighted by Crippen LogP contribution is -2.33. The highest BCUT2D eigenvalue weighted by molar-refractivity contribution is 6.09. The van der Waals surface area contributed by atoms with Crippen molar-refractivity contribution in [3.8, 4) is 5.69 Å². The lowest BCUT2D eigenvalue weighted by atomic mass is 9.88. The van der Waals surface area contributed by atoms with Crippen LogP contribution in [0.5, 0.6) is 0 Å². The minimum absolute atomic E-state index is 0.184. The summed E-state index contributed by atoms with van der Waals surface area (Å²) in [6.45, 7) is 7.62. The van der Waals surface area contributed by atoms with Crippen LogP contribution in [0, 0.1) is 0 Å². The minimum atomic E-state index is 0.184. The highest BCUT2D eigenvalue weighted by Gasteiger charge is 2.15. The van der Waals surface area contributed by atoms with E-state index in [4.69, 9.17) is 0 Å². The molecular weight excluding hydrogens is 364 g/mol. The number of para-hydroxylation sites is 2. The van der Waals surface area contributed by atoms with E-state index >= 15 is 0 Å². The van der Waals surface area contributed by atoms with Gasteiger partial charge in [0.25, 0.3) is 0 Å². The molecule has 0 atom stereocenters. The fraction of sp³-hybridized carbons (Fsp3) is 0.179. The number of hydrogen-bond acceptors (Lipinski definition) is 0. The Kier molecular flexibility index (Phi) is 4.43.